The minimum Gasteiger partial charge on any atom is -0.451 e. The molecule has 0 aliphatic heterocycles. The van der Waals surface area contributed by atoms with E-state index in [4.69, 9.17) is 27.9 Å². The lowest BCUT2D eigenvalue weighted by molar-refractivity contribution is -0.119. The van der Waals surface area contributed by atoms with Crippen LogP contribution < -0.4 is 5.32 Å². The quantitative estimate of drug-likeness (QED) is 0.740. The van der Waals surface area contributed by atoms with Crippen LogP contribution in [0, 0.1) is 12.8 Å². The number of aryl methyl sites for hydroxylation is 1. The van der Waals surface area contributed by atoms with Gasteiger partial charge in [-0.25, -0.2) is 9.78 Å². The number of nitrogens with one attached hydrogen (secondary N) is 1. The molecule has 0 bridgehead atoms. The van der Waals surface area contributed by atoms with Crippen LogP contribution in [0.3, 0.4) is 0 Å². The predicted molar refractivity (Wildman–Crippen MR) is 103 cm³/mol. The van der Waals surface area contributed by atoms with Crippen LogP contribution in [0.1, 0.15) is 39.0 Å². The molecule has 0 aromatic carbocycles. The summed E-state index contributed by atoms with van der Waals surface area (Å²) < 4.78 is 5.12. The standard InChI is InChI=1S/C18H18Cl2N2O3S/c1-9-3-4-13-11(5-9)6-14(26-13)18(24)25-8-15(23)22-17-16(20)10(2)12(19)7-21-17/h6-7,9H,3-5,8H2,1-2H3,(H,21,22,23)/t9-/m0/s1. The van der Waals surface area contributed by atoms with Crippen molar-refractivity contribution in [3.05, 3.63) is 43.2 Å². The SMILES string of the molecule is Cc1c(Cl)cnc(NC(=O)COC(=O)c2cc3c(s2)CC[C@H](C)C3)c1Cl. The van der Waals surface area contributed by atoms with Crippen LogP contribution in [0.15, 0.2) is 12.3 Å². The maximum Gasteiger partial charge on any atom is 0.348 e. The van der Waals surface area contributed by atoms with Gasteiger partial charge in [-0.05, 0) is 49.3 Å². The van der Waals surface area contributed by atoms with Crippen molar-refractivity contribution in [1.29, 1.82) is 0 Å². The lowest BCUT2D eigenvalue weighted by Crippen LogP contribution is -2.21. The molecule has 1 aliphatic carbocycles. The summed E-state index contributed by atoms with van der Waals surface area (Å²) in [5, 5.41) is 3.20. The zero-order valence-electron chi connectivity index (χ0n) is 14.4. The van der Waals surface area contributed by atoms with Crippen molar-refractivity contribution < 1.29 is 14.3 Å². The minimum absolute atomic E-state index is 0.190. The molecule has 2 heterocycles. The summed E-state index contributed by atoms with van der Waals surface area (Å²) in [5.74, 6) is -0.176. The Balaban J connectivity index is 1.58. The molecule has 0 unspecified atom stereocenters. The molecule has 1 amide bonds. The van der Waals surface area contributed by atoms with Gasteiger partial charge in [0.1, 0.15) is 4.88 Å². The number of thiophene rings is 1. The Morgan fingerprint density at radius 2 is 2.19 bits per heavy atom. The van der Waals surface area contributed by atoms with E-state index >= 15 is 0 Å². The van der Waals surface area contributed by atoms with Gasteiger partial charge in [0.15, 0.2) is 12.4 Å². The molecular formula is C18H18Cl2N2O3S. The molecule has 0 radical (unpaired) electrons. The number of nitrogens with zero attached hydrogens (tertiary/aromatic N) is 1. The number of carbonyl (C=O) groups excluding carboxylic acids is 2. The third kappa shape index (κ3) is 4.19. The van der Waals surface area contributed by atoms with Gasteiger partial charge in [-0.1, -0.05) is 30.1 Å². The van der Waals surface area contributed by atoms with E-state index < -0.39 is 18.5 Å². The Labute approximate surface area is 165 Å². The zero-order chi connectivity index (χ0) is 18.8. The highest BCUT2D eigenvalue weighted by Gasteiger charge is 2.22. The van der Waals surface area contributed by atoms with Gasteiger partial charge < -0.3 is 10.1 Å². The first-order valence-electron chi connectivity index (χ1n) is 8.24. The van der Waals surface area contributed by atoms with E-state index in [9.17, 15) is 9.59 Å². The maximum absolute atomic E-state index is 12.2. The average molecular weight is 413 g/mol. The summed E-state index contributed by atoms with van der Waals surface area (Å²) in [6.07, 6.45) is 4.52. The maximum atomic E-state index is 12.2. The minimum atomic E-state index is -0.510. The Morgan fingerprint density at radius 3 is 2.96 bits per heavy atom. The Bertz CT molecular complexity index is 866. The summed E-state index contributed by atoms with van der Waals surface area (Å²) in [6.45, 7) is 3.53. The van der Waals surface area contributed by atoms with Crippen molar-refractivity contribution in [3.8, 4) is 0 Å². The number of ether oxygens (including phenoxy) is 1. The van der Waals surface area contributed by atoms with E-state index in [-0.39, 0.29) is 10.8 Å². The predicted octanol–water partition coefficient (Wildman–Crippen LogP) is 4.68. The monoisotopic (exact) mass is 412 g/mol. The molecule has 2 aromatic rings. The molecule has 26 heavy (non-hydrogen) atoms. The topological polar surface area (TPSA) is 68.3 Å². The molecule has 5 nitrogen and oxygen atoms in total. The highest BCUT2D eigenvalue weighted by molar-refractivity contribution is 7.14. The second kappa shape index (κ2) is 7.94. The number of hydrogen-bond acceptors (Lipinski definition) is 5. The van der Waals surface area contributed by atoms with Crippen molar-refractivity contribution in [2.45, 2.75) is 33.1 Å². The Kier molecular flexibility index (Phi) is 5.85. The van der Waals surface area contributed by atoms with Gasteiger partial charge in [-0.2, -0.15) is 0 Å². The van der Waals surface area contributed by atoms with Gasteiger partial charge in [0.2, 0.25) is 0 Å². The number of anilines is 1. The van der Waals surface area contributed by atoms with Gasteiger partial charge in [0.05, 0.1) is 10.0 Å². The van der Waals surface area contributed by atoms with Gasteiger partial charge in [-0.15, -0.1) is 11.3 Å². The Morgan fingerprint density at radius 1 is 1.42 bits per heavy atom. The van der Waals surface area contributed by atoms with Gasteiger partial charge in [0.25, 0.3) is 5.91 Å². The number of esters is 1. The number of pyridine rings is 1. The van der Waals surface area contributed by atoms with Crippen LogP contribution >= 0.6 is 34.5 Å². The average Bonchev–Trinajstić information content (AvgIpc) is 3.03. The third-order valence-corrected chi connectivity index (χ3v) is 6.39. The van der Waals surface area contributed by atoms with E-state index in [1.165, 1.54) is 28.0 Å². The first-order valence-corrected chi connectivity index (χ1v) is 9.81. The molecule has 8 heteroatoms. The molecule has 138 valence electrons. The van der Waals surface area contributed by atoms with Crippen LogP contribution in [-0.2, 0) is 22.4 Å². The van der Waals surface area contributed by atoms with E-state index in [2.05, 4.69) is 17.2 Å². The van der Waals surface area contributed by atoms with Gasteiger partial charge >= 0.3 is 5.97 Å². The van der Waals surface area contributed by atoms with Crippen LogP contribution in [0.25, 0.3) is 0 Å². The first kappa shape index (κ1) is 19.1. The number of hydrogen-bond donors (Lipinski definition) is 1. The van der Waals surface area contributed by atoms with Crippen LogP contribution in [0.5, 0.6) is 0 Å². The number of halogens is 2. The molecule has 2 aromatic heterocycles. The molecule has 0 spiro atoms. The highest BCUT2D eigenvalue weighted by Crippen LogP contribution is 2.32. The fourth-order valence-corrected chi connectivity index (χ4v) is 4.31. The smallest absolute Gasteiger partial charge is 0.348 e. The van der Waals surface area contributed by atoms with Crippen molar-refractivity contribution >= 4 is 52.2 Å². The summed E-state index contributed by atoms with van der Waals surface area (Å²) in [5.41, 5.74) is 1.84. The molecule has 3 rings (SSSR count). The van der Waals surface area contributed by atoms with Crippen molar-refractivity contribution in [1.82, 2.24) is 4.98 Å². The van der Waals surface area contributed by atoms with Crippen LogP contribution in [0.2, 0.25) is 10.0 Å². The van der Waals surface area contributed by atoms with Crippen molar-refractivity contribution in [2.75, 3.05) is 11.9 Å². The number of carbonyl (C=O) groups is 2. The van der Waals surface area contributed by atoms with Crippen LogP contribution in [-0.4, -0.2) is 23.5 Å². The lowest BCUT2D eigenvalue weighted by atomic mass is 9.90. The highest BCUT2D eigenvalue weighted by atomic mass is 35.5. The fraction of sp³-hybridized carbons (Fsp3) is 0.389. The largest absolute Gasteiger partial charge is 0.451 e. The van der Waals surface area contributed by atoms with Gasteiger partial charge in [-0.3, -0.25) is 4.79 Å². The first-order chi connectivity index (χ1) is 12.3. The molecule has 0 fully saturated rings. The summed E-state index contributed by atoms with van der Waals surface area (Å²) in [7, 11) is 0. The summed E-state index contributed by atoms with van der Waals surface area (Å²) in [6, 6.07) is 1.89. The number of aromatic nitrogens is 1. The second-order valence-electron chi connectivity index (χ2n) is 6.43. The number of rotatable bonds is 4. The van der Waals surface area contributed by atoms with E-state index in [0.29, 0.717) is 21.4 Å². The molecule has 1 N–H and O–H groups in total. The van der Waals surface area contributed by atoms with Gasteiger partial charge in [0, 0.05) is 11.1 Å². The molecule has 1 aliphatic rings. The van der Waals surface area contributed by atoms with Crippen molar-refractivity contribution in [2.24, 2.45) is 5.92 Å². The van der Waals surface area contributed by atoms with E-state index in [0.717, 1.165) is 19.3 Å². The third-order valence-electron chi connectivity index (χ3n) is 4.32. The summed E-state index contributed by atoms with van der Waals surface area (Å²) >= 11 is 13.5. The number of fused-ring (bicyclic) bond motifs is 1. The summed E-state index contributed by atoms with van der Waals surface area (Å²) in [4.78, 5) is 30.0. The molecule has 1 atom stereocenters. The normalized spacial score (nSPS) is 16.1. The fourth-order valence-electron chi connectivity index (χ4n) is 2.82. The zero-order valence-corrected chi connectivity index (χ0v) is 16.7. The van der Waals surface area contributed by atoms with E-state index in [1.807, 2.05) is 6.07 Å². The molecule has 0 saturated heterocycles. The van der Waals surface area contributed by atoms with E-state index in [1.54, 1.807) is 6.92 Å². The number of amides is 1. The van der Waals surface area contributed by atoms with Crippen LogP contribution in [0.4, 0.5) is 5.82 Å². The molecule has 0 saturated carbocycles. The lowest BCUT2D eigenvalue weighted by Gasteiger charge is -2.16. The second-order valence-corrected chi connectivity index (χ2v) is 8.35. The molecular weight excluding hydrogens is 395 g/mol. The van der Waals surface area contributed by atoms with Crippen molar-refractivity contribution in [3.63, 3.8) is 0 Å². The Hall–Kier alpha value is -1.63.